The van der Waals surface area contributed by atoms with Gasteiger partial charge in [-0.05, 0) is 18.2 Å². The van der Waals surface area contributed by atoms with Crippen molar-refractivity contribution in [3.05, 3.63) is 29.0 Å². The van der Waals surface area contributed by atoms with Crippen LogP contribution in [0.1, 0.15) is 0 Å². The molecule has 12 heavy (non-hydrogen) atoms. The lowest BCUT2D eigenvalue weighted by molar-refractivity contribution is 0.258. The maximum Gasteiger partial charge on any atom is 0.338 e. The zero-order valence-electron chi connectivity index (χ0n) is 5.90. The third kappa shape index (κ3) is 2.10. The van der Waals surface area contributed by atoms with Gasteiger partial charge < -0.3 is 5.32 Å². The number of hydrogen-bond acceptors (Lipinski definition) is 1. The Balaban J connectivity index is 2.93. The highest BCUT2D eigenvalue weighted by atomic mass is 35.5. The van der Waals surface area contributed by atoms with Crippen molar-refractivity contribution < 1.29 is 9.18 Å². The largest absolute Gasteiger partial charge is 0.338 e. The number of halogens is 2. The third-order valence-electron chi connectivity index (χ3n) is 1.18. The van der Waals surface area contributed by atoms with Crippen LogP contribution in [0.3, 0.4) is 0 Å². The molecule has 0 aliphatic carbocycles. The van der Waals surface area contributed by atoms with Crippen molar-refractivity contribution >= 4 is 23.3 Å². The van der Waals surface area contributed by atoms with Gasteiger partial charge in [0.2, 0.25) is 0 Å². The van der Waals surface area contributed by atoms with Gasteiger partial charge in [-0.25, -0.2) is 14.9 Å². The van der Waals surface area contributed by atoms with E-state index >= 15 is 0 Å². The number of amides is 2. The first-order valence-corrected chi connectivity index (χ1v) is 3.45. The monoisotopic (exact) mass is 187 g/mol. The van der Waals surface area contributed by atoms with Crippen molar-refractivity contribution in [1.29, 1.82) is 0 Å². The highest BCUT2D eigenvalue weighted by Crippen LogP contribution is 2.18. The summed E-state index contributed by atoms with van der Waals surface area (Å²) in [4.78, 5) is 10.2. The second kappa shape index (κ2) is 3.40. The third-order valence-corrected chi connectivity index (χ3v) is 1.41. The predicted octanol–water partition coefficient (Wildman–Crippen LogP) is 2.29. The van der Waals surface area contributed by atoms with E-state index in [9.17, 15) is 9.18 Å². The van der Waals surface area contributed by atoms with Crippen LogP contribution >= 0.6 is 11.6 Å². The Hall–Kier alpha value is -1.29. The smallest absolute Gasteiger partial charge is 0.304 e. The van der Waals surface area contributed by atoms with Crippen molar-refractivity contribution in [2.24, 2.45) is 0 Å². The minimum absolute atomic E-state index is 0.0422. The normalized spacial score (nSPS) is 9.50. The molecule has 0 saturated heterocycles. The molecule has 1 rings (SSSR count). The summed E-state index contributed by atoms with van der Waals surface area (Å²) in [5.41, 5.74) is 6.47. The summed E-state index contributed by atoms with van der Waals surface area (Å²) in [5.74, 6) is -0.650. The standard InChI is InChI=1S/C7H5ClFN2O/c8-4-1-2-6(5(9)3-4)11-7(10)12/h1-3,10H,(H,11,12). The topological polar surface area (TPSA) is 52.9 Å². The zero-order chi connectivity index (χ0) is 9.14. The highest BCUT2D eigenvalue weighted by molar-refractivity contribution is 6.30. The molecule has 63 valence electrons. The Labute approximate surface area is 73.3 Å². The molecule has 1 radical (unpaired) electrons. The number of carbonyl (C=O) groups is 1. The quantitative estimate of drug-likeness (QED) is 0.721. The molecule has 3 nitrogen and oxygen atoms in total. The van der Waals surface area contributed by atoms with Crippen molar-refractivity contribution in [3.8, 4) is 0 Å². The van der Waals surface area contributed by atoms with E-state index in [4.69, 9.17) is 17.3 Å². The van der Waals surface area contributed by atoms with E-state index in [0.29, 0.717) is 0 Å². The molecule has 2 N–H and O–H groups in total. The molecule has 1 aromatic carbocycles. The number of hydrogen-bond donors (Lipinski definition) is 1. The Bertz CT molecular complexity index is 316. The van der Waals surface area contributed by atoms with E-state index in [1.165, 1.54) is 12.1 Å². The molecule has 0 unspecified atom stereocenters. The van der Waals surface area contributed by atoms with Crippen LogP contribution in [0.4, 0.5) is 14.9 Å². The fraction of sp³-hybridized carbons (Fsp3) is 0. The van der Waals surface area contributed by atoms with Gasteiger partial charge in [0.05, 0.1) is 5.69 Å². The van der Waals surface area contributed by atoms with Crippen molar-refractivity contribution in [3.63, 3.8) is 0 Å². The van der Waals surface area contributed by atoms with Crippen molar-refractivity contribution in [1.82, 2.24) is 5.73 Å². The summed E-state index contributed by atoms with van der Waals surface area (Å²) < 4.78 is 12.8. The first-order valence-electron chi connectivity index (χ1n) is 3.07. The van der Waals surface area contributed by atoms with E-state index in [1.807, 2.05) is 5.32 Å². The Kier molecular flexibility index (Phi) is 2.50. The molecule has 0 atom stereocenters. The lowest BCUT2D eigenvalue weighted by Crippen LogP contribution is -2.10. The number of carbonyl (C=O) groups excluding carboxylic acids is 1. The van der Waals surface area contributed by atoms with Gasteiger partial charge >= 0.3 is 6.03 Å². The molecular weight excluding hydrogens is 183 g/mol. The van der Waals surface area contributed by atoms with Crippen LogP contribution < -0.4 is 11.1 Å². The molecule has 0 spiro atoms. The highest BCUT2D eigenvalue weighted by Gasteiger charge is 2.03. The van der Waals surface area contributed by atoms with Crippen LogP contribution in [0.25, 0.3) is 0 Å². The summed E-state index contributed by atoms with van der Waals surface area (Å²) in [6, 6.07) is 2.73. The number of benzene rings is 1. The van der Waals surface area contributed by atoms with Gasteiger partial charge in [-0.3, -0.25) is 0 Å². The molecule has 0 fully saturated rings. The average molecular weight is 188 g/mol. The molecule has 0 aliphatic heterocycles. The minimum Gasteiger partial charge on any atom is -0.304 e. The Morgan fingerprint density at radius 2 is 2.25 bits per heavy atom. The summed E-state index contributed by atoms with van der Waals surface area (Å²) in [7, 11) is 0. The summed E-state index contributed by atoms with van der Waals surface area (Å²) in [6.45, 7) is 0. The minimum atomic E-state index is -1.06. The van der Waals surface area contributed by atoms with Crippen LogP contribution in [0, 0.1) is 5.82 Å². The SMILES string of the molecule is [NH]C(=O)Nc1ccc(Cl)cc1F. The van der Waals surface area contributed by atoms with Gasteiger partial charge in [0.15, 0.2) is 0 Å². The van der Waals surface area contributed by atoms with Crippen LogP contribution in [0.2, 0.25) is 5.02 Å². The van der Waals surface area contributed by atoms with Crippen LogP contribution in [-0.2, 0) is 0 Å². The van der Waals surface area contributed by atoms with Crippen LogP contribution in [-0.4, -0.2) is 6.03 Å². The number of rotatable bonds is 1. The summed E-state index contributed by atoms with van der Waals surface area (Å²) in [6.07, 6.45) is 0. The maximum absolute atomic E-state index is 12.8. The van der Waals surface area contributed by atoms with Gasteiger partial charge in [-0.2, -0.15) is 0 Å². The van der Waals surface area contributed by atoms with E-state index in [0.717, 1.165) is 6.07 Å². The van der Waals surface area contributed by atoms with Gasteiger partial charge in [-0.1, -0.05) is 11.6 Å². The fourth-order valence-corrected chi connectivity index (χ4v) is 0.872. The predicted molar refractivity (Wildman–Crippen MR) is 43.5 cm³/mol. The van der Waals surface area contributed by atoms with E-state index in [1.54, 1.807) is 0 Å². The molecule has 0 bridgehead atoms. The molecule has 0 saturated carbocycles. The molecule has 0 aromatic heterocycles. The number of anilines is 1. The summed E-state index contributed by atoms with van der Waals surface area (Å²) >= 11 is 5.45. The van der Waals surface area contributed by atoms with Gasteiger partial charge in [0, 0.05) is 5.02 Å². The second-order valence-corrected chi connectivity index (χ2v) is 2.51. The summed E-state index contributed by atoms with van der Waals surface area (Å²) in [5, 5.41) is 2.24. The van der Waals surface area contributed by atoms with E-state index in [-0.39, 0.29) is 10.7 Å². The number of nitrogens with one attached hydrogen (secondary N) is 2. The first-order chi connectivity index (χ1) is 5.59. The van der Waals surface area contributed by atoms with Gasteiger partial charge in [0.25, 0.3) is 0 Å². The second-order valence-electron chi connectivity index (χ2n) is 2.08. The van der Waals surface area contributed by atoms with Crippen molar-refractivity contribution in [2.75, 3.05) is 5.32 Å². The molecule has 2 amide bonds. The fourth-order valence-electron chi connectivity index (χ4n) is 0.713. The van der Waals surface area contributed by atoms with Crippen LogP contribution in [0.15, 0.2) is 18.2 Å². The zero-order valence-corrected chi connectivity index (χ0v) is 6.65. The lowest BCUT2D eigenvalue weighted by atomic mass is 10.3. The van der Waals surface area contributed by atoms with E-state index < -0.39 is 11.8 Å². The van der Waals surface area contributed by atoms with Gasteiger partial charge in [0.1, 0.15) is 5.82 Å². The Morgan fingerprint density at radius 1 is 1.58 bits per heavy atom. The van der Waals surface area contributed by atoms with E-state index in [2.05, 4.69) is 0 Å². The first kappa shape index (κ1) is 8.80. The van der Waals surface area contributed by atoms with Crippen LogP contribution in [0.5, 0.6) is 0 Å². The molecule has 0 aliphatic rings. The maximum atomic E-state index is 12.8. The molecule has 5 heteroatoms. The lowest BCUT2D eigenvalue weighted by Gasteiger charge is -2.01. The Morgan fingerprint density at radius 3 is 2.75 bits per heavy atom. The van der Waals surface area contributed by atoms with Crippen molar-refractivity contribution in [2.45, 2.75) is 0 Å². The van der Waals surface area contributed by atoms with Gasteiger partial charge in [-0.15, -0.1) is 0 Å². The molecule has 0 heterocycles. The molecule has 1 aromatic rings. The molecular formula is C7H5ClFN2O. The average Bonchev–Trinajstić information content (AvgIpc) is 1.94. The number of urea groups is 1.